The van der Waals surface area contributed by atoms with Crippen LogP contribution < -0.4 is 0 Å². The summed E-state index contributed by atoms with van der Waals surface area (Å²) in [6, 6.07) is 14.2. The minimum atomic E-state index is -1.02. The highest BCUT2D eigenvalue weighted by Gasteiger charge is 2.18. The Kier molecular flexibility index (Phi) is 8.60. The maximum absolute atomic E-state index is 11.1. The molecule has 0 spiro atoms. The maximum Gasteiger partial charge on any atom is 0.336 e. The molecule has 0 aliphatic rings. The zero-order chi connectivity index (χ0) is 18.1. The summed E-state index contributed by atoms with van der Waals surface area (Å²) >= 11 is 6.54. The van der Waals surface area contributed by atoms with Crippen LogP contribution in [0.5, 0.6) is 0 Å². The molecule has 0 saturated heterocycles. The number of hydrogen-bond donors (Lipinski definition) is 1. The highest BCUT2D eigenvalue weighted by atomic mass is 79.9. The number of hydrogen-bond acceptors (Lipinski definition) is 4. The molecule has 0 fully saturated rings. The van der Waals surface area contributed by atoms with Gasteiger partial charge in [0.1, 0.15) is 12.4 Å². The number of benzene rings is 2. The molecule has 0 bridgehead atoms. The van der Waals surface area contributed by atoms with Crippen LogP contribution in [-0.2, 0) is 9.53 Å². The van der Waals surface area contributed by atoms with E-state index in [0.717, 1.165) is 15.2 Å². The normalized spacial score (nSPS) is 10.8. The highest BCUT2D eigenvalue weighted by molar-refractivity contribution is 9.10. The molecule has 0 aliphatic heterocycles. The summed E-state index contributed by atoms with van der Waals surface area (Å²) in [6.45, 7) is 3.49. The van der Waals surface area contributed by atoms with E-state index < -0.39 is 12.1 Å². The van der Waals surface area contributed by atoms with Gasteiger partial charge in [0.15, 0.2) is 0 Å². The van der Waals surface area contributed by atoms with Crippen LogP contribution in [0, 0.1) is 0 Å². The Labute approximate surface area is 157 Å². The number of ether oxygens (including phenoxy) is 1. The Hall–Kier alpha value is -1.76. The van der Waals surface area contributed by atoms with Crippen molar-refractivity contribution in [1.82, 2.24) is 0 Å². The smallest absolute Gasteiger partial charge is 0.336 e. The number of esters is 1. The van der Waals surface area contributed by atoms with Crippen LogP contribution >= 0.6 is 31.9 Å². The van der Waals surface area contributed by atoms with Gasteiger partial charge in [0, 0.05) is 14.5 Å². The van der Waals surface area contributed by atoms with Crippen molar-refractivity contribution in [1.29, 1.82) is 0 Å². The minimum absolute atomic E-state index is 0.0276. The van der Waals surface area contributed by atoms with E-state index in [4.69, 9.17) is 0 Å². The third kappa shape index (κ3) is 6.39. The second kappa shape index (κ2) is 10.2. The molecule has 2 aromatic carbocycles. The van der Waals surface area contributed by atoms with Crippen molar-refractivity contribution < 1.29 is 19.4 Å². The predicted octanol–water partition coefficient (Wildman–Crippen LogP) is 4.47. The molecule has 2 aromatic rings. The average Bonchev–Trinajstić information content (AvgIpc) is 2.61. The summed E-state index contributed by atoms with van der Waals surface area (Å²) < 4.78 is 6.37. The van der Waals surface area contributed by atoms with Gasteiger partial charge in [-0.05, 0) is 29.8 Å². The Morgan fingerprint density at radius 2 is 1.54 bits per heavy atom. The molecule has 0 saturated carbocycles. The fourth-order valence-electron chi connectivity index (χ4n) is 1.63. The molecule has 1 unspecified atom stereocenters. The van der Waals surface area contributed by atoms with Gasteiger partial charge >= 0.3 is 5.97 Å². The first-order valence-electron chi connectivity index (χ1n) is 6.80. The quantitative estimate of drug-likeness (QED) is 0.419. The number of aldehydes is 1. The van der Waals surface area contributed by atoms with E-state index in [2.05, 4.69) is 43.2 Å². The van der Waals surface area contributed by atoms with E-state index in [0.29, 0.717) is 11.1 Å². The Morgan fingerprint density at radius 1 is 1.08 bits per heavy atom. The SMILES string of the molecule is C=C(C(=O)OC)C(O)c1ccc(Br)cc1.O=Cc1ccc(Br)cc1. The monoisotopic (exact) mass is 454 g/mol. The topological polar surface area (TPSA) is 63.6 Å². The van der Waals surface area contributed by atoms with Crippen LogP contribution in [0.15, 0.2) is 69.6 Å². The van der Waals surface area contributed by atoms with Gasteiger partial charge in [0.25, 0.3) is 0 Å². The lowest BCUT2D eigenvalue weighted by atomic mass is 10.0. The molecule has 0 aromatic heterocycles. The molecule has 4 nitrogen and oxygen atoms in total. The van der Waals surface area contributed by atoms with Gasteiger partial charge in [-0.2, -0.15) is 0 Å². The molecule has 0 heterocycles. The Balaban J connectivity index is 0.000000272. The summed E-state index contributed by atoms with van der Waals surface area (Å²) in [5.74, 6) is -0.606. The van der Waals surface area contributed by atoms with Crippen molar-refractivity contribution in [3.63, 3.8) is 0 Å². The molecule has 0 radical (unpaired) electrons. The third-order valence-electron chi connectivity index (χ3n) is 2.97. The molecule has 24 heavy (non-hydrogen) atoms. The lowest BCUT2D eigenvalue weighted by Crippen LogP contribution is -2.11. The molecule has 1 atom stereocenters. The number of aliphatic hydroxyl groups is 1. The molecular formula is C18H16Br2O4. The van der Waals surface area contributed by atoms with Crippen molar-refractivity contribution in [2.75, 3.05) is 7.11 Å². The zero-order valence-corrected chi connectivity index (χ0v) is 16.1. The molecule has 0 aliphatic carbocycles. The van der Waals surface area contributed by atoms with Crippen LogP contribution in [0.3, 0.4) is 0 Å². The van der Waals surface area contributed by atoms with Gasteiger partial charge in [0.05, 0.1) is 12.7 Å². The van der Waals surface area contributed by atoms with Crippen molar-refractivity contribution in [2.24, 2.45) is 0 Å². The standard InChI is InChI=1S/C11H11BrO3.C7H5BrO/c1-7(11(14)15-2)10(13)8-3-5-9(12)6-4-8;8-7-3-1-6(5-9)2-4-7/h3-6,10,13H,1H2,2H3;1-5H. The molecular weight excluding hydrogens is 440 g/mol. The van der Waals surface area contributed by atoms with Gasteiger partial charge < -0.3 is 9.84 Å². The van der Waals surface area contributed by atoms with Gasteiger partial charge in [-0.1, -0.05) is 62.7 Å². The van der Waals surface area contributed by atoms with Crippen molar-refractivity contribution in [3.05, 3.63) is 80.8 Å². The zero-order valence-electron chi connectivity index (χ0n) is 12.9. The number of halogens is 2. The van der Waals surface area contributed by atoms with Gasteiger partial charge in [-0.25, -0.2) is 4.79 Å². The molecule has 126 valence electrons. The van der Waals surface area contributed by atoms with E-state index in [1.165, 1.54) is 7.11 Å². The van der Waals surface area contributed by atoms with E-state index in [-0.39, 0.29) is 5.57 Å². The first-order valence-corrected chi connectivity index (χ1v) is 8.39. The van der Waals surface area contributed by atoms with Crippen molar-refractivity contribution in [2.45, 2.75) is 6.10 Å². The number of carbonyl (C=O) groups is 2. The summed E-state index contributed by atoms with van der Waals surface area (Å²) in [5, 5.41) is 9.77. The van der Waals surface area contributed by atoms with Crippen molar-refractivity contribution in [3.8, 4) is 0 Å². The second-order valence-corrected chi connectivity index (χ2v) is 6.47. The lowest BCUT2D eigenvalue weighted by molar-refractivity contribution is -0.137. The summed E-state index contributed by atoms with van der Waals surface area (Å²) in [7, 11) is 1.25. The van der Waals surface area contributed by atoms with E-state index >= 15 is 0 Å². The Morgan fingerprint density at radius 3 is 1.96 bits per heavy atom. The minimum Gasteiger partial charge on any atom is -0.466 e. The summed E-state index contributed by atoms with van der Waals surface area (Å²) in [5.41, 5.74) is 1.34. The number of carbonyl (C=O) groups excluding carboxylic acids is 2. The Bertz CT molecular complexity index is 694. The summed E-state index contributed by atoms with van der Waals surface area (Å²) in [6.07, 6.45) is -0.197. The lowest BCUT2D eigenvalue weighted by Gasteiger charge is -2.12. The second-order valence-electron chi connectivity index (χ2n) is 4.64. The largest absolute Gasteiger partial charge is 0.466 e. The third-order valence-corrected chi connectivity index (χ3v) is 4.03. The number of aliphatic hydroxyl groups excluding tert-OH is 1. The number of methoxy groups -OCH3 is 1. The van der Waals surface area contributed by atoms with Crippen LogP contribution in [0.2, 0.25) is 0 Å². The van der Waals surface area contributed by atoms with Crippen LogP contribution in [0.1, 0.15) is 22.0 Å². The molecule has 1 N–H and O–H groups in total. The van der Waals surface area contributed by atoms with E-state index in [1.807, 2.05) is 12.1 Å². The predicted molar refractivity (Wildman–Crippen MR) is 99.8 cm³/mol. The fourth-order valence-corrected chi connectivity index (χ4v) is 2.16. The molecule has 2 rings (SSSR count). The van der Waals surface area contributed by atoms with Gasteiger partial charge in [-0.3, -0.25) is 4.79 Å². The number of rotatable bonds is 4. The van der Waals surface area contributed by atoms with E-state index in [1.54, 1.807) is 36.4 Å². The van der Waals surface area contributed by atoms with Gasteiger partial charge in [0.2, 0.25) is 0 Å². The average molecular weight is 456 g/mol. The van der Waals surface area contributed by atoms with Crippen molar-refractivity contribution >= 4 is 44.1 Å². The molecule has 0 amide bonds. The maximum atomic E-state index is 11.1. The van der Waals surface area contributed by atoms with Crippen LogP contribution in [0.4, 0.5) is 0 Å². The van der Waals surface area contributed by atoms with Crippen LogP contribution in [-0.4, -0.2) is 24.5 Å². The first kappa shape index (κ1) is 20.3. The van der Waals surface area contributed by atoms with E-state index in [9.17, 15) is 14.7 Å². The van der Waals surface area contributed by atoms with Gasteiger partial charge in [-0.15, -0.1) is 0 Å². The summed E-state index contributed by atoms with van der Waals surface area (Å²) in [4.78, 5) is 21.2. The van der Waals surface area contributed by atoms with Crippen LogP contribution in [0.25, 0.3) is 0 Å². The molecule has 6 heteroatoms. The highest BCUT2D eigenvalue weighted by Crippen LogP contribution is 2.22. The fraction of sp³-hybridized carbons (Fsp3) is 0.111. The first-order chi connectivity index (χ1) is 11.4.